The summed E-state index contributed by atoms with van der Waals surface area (Å²) in [5.74, 6) is -0.621. The molecule has 0 amide bonds. The maximum absolute atomic E-state index is 13.0. The highest BCUT2D eigenvalue weighted by atomic mass is 19.1. The van der Waals surface area contributed by atoms with Crippen LogP contribution in [-0.2, 0) is 0 Å². The molecule has 1 aromatic heterocycles. The zero-order chi connectivity index (χ0) is 14.8. The summed E-state index contributed by atoms with van der Waals surface area (Å²) >= 11 is 0. The molecule has 0 bridgehead atoms. The summed E-state index contributed by atoms with van der Waals surface area (Å²) in [6.45, 7) is 0.256. The van der Waals surface area contributed by atoms with Gasteiger partial charge in [0.1, 0.15) is 11.4 Å². The van der Waals surface area contributed by atoms with E-state index in [9.17, 15) is 9.50 Å². The van der Waals surface area contributed by atoms with Gasteiger partial charge in [-0.2, -0.15) is 0 Å². The Labute approximate surface area is 121 Å². The van der Waals surface area contributed by atoms with Crippen molar-refractivity contribution in [3.8, 4) is 0 Å². The molecule has 2 aromatic carbocycles. The summed E-state index contributed by atoms with van der Waals surface area (Å²) in [5.41, 5.74) is 8.04. The average Bonchev–Trinajstić information content (AvgIpc) is 2.94. The lowest BCUT2D eigenvalue weighted by molar-refractivity contribution is 0.148. The van der Waals surface area contributed by atoms with Gasteiger partial charge in [-0.1, -0.05) is 30.3 Å². The number of aliphatic hydroxyl groups excluding tert-OH is 1. The van der Waals surface area contributed by atoms with Crippen molar-refractivity contribution in [3.05, 3.63) is 71.7 Å². The van der Waals surface area contributed by atoms with Crippen LogP contribution in [0.25, 0.3) is 11.0 Å². The van der Waals surface area contributed by atoms with Crippen LogP contribution in [-0.4, -0.2) is 11.7 Å². The molecule has 0 spiro atoms. The van der Waals surface area contributed by atoms with Gasteiger partial charge < -0.3 is 15.3 Å². The molecule has 0 aliphatic carbocycles. The van der Waals surface area contributed by atoms with Gasteiger partial charge in [-0.15, -0.1) is 0 Å². The summed E-state index contributed by atoms with van der Waals surface area (Å²) in [6, 6.07) is 13.6. The van der Waals surface area contributed by atoms with E-state index >= 15 is 0 Å². The Morgan fingerprint density at radius 2 is 1.81 bits per heavy atom. The van der Waals surface area contributed by atoms with E-state index in [2.05, 4.69) is 0 Å². The van der Waals surface area contributed by atoms with Gasteiger partial charge in [-0.25, -0.2) is 4.39 Å². The average molecular weight is 285 g/mol. The number of para-hydroxylation sites is 1. The zero-order valence-corrected chi connectivity index (χ0v) is 11.4. The highest BCUT2D eigenvalue weighted by Crippen LogP contribution is 2.35. The Morgan fingerprint density at radius 3 is 2.52 bits per heavy atom. The minimum atomic E-state index is -0.802. The van der Waals surface area contributed by atoms with Crippen molar-refractivity contribution in [2.24, 2.45) is 5.73 Å². The Balaban J connectivity index is 1.98. The minimum absolute atomic E-state index is 0.256. The number of benzene rings is 2. The molecule has 0 aliphatic heterocycles. The lowest BCUT2D eigenvalue weighted by Crippen LogP contribution is -2.20. The second-order valence-corrected chi connectivity index (χ2v) is 5.03. The first-order chi connectivity index (χ1) is 10.2. The van der Waals surface area contributed by atoms with Gasteiger partial charge in [0, 0.05) is 23.4 Å². The predicted molar refractivity (Wildman–Crippen MR) is 79.4 cm³/mol. The molecule has 1 heterocycles. The Hall–Kier alpha value is -2.17. The van der Waals surface area contributed by atoms with E-state index in [1.54, 1.807) is 18.4 Å². The summed E-state index contributed by atoms with van der Waals surface area (Å²) in [4.78, 5) is 0. The fourth-order valence-corrected chi connectivity index (χ4v) is 2.60. The molecule has 3 aromatic rings. The van der Waals surface area contributed by atoms with Crippen molar-refractivity contribution >= 4 is 11.0 Å². The molecular formula is C17H16FNO2. The largest absolute Gasteiger partial charge is 0.464 e. The monoisotopic (exact) mass is 285 g/mol. The third-order valence-corrected chi connectivity index (χ3v) is 3.76. The molecule has 2 atom stereocenters. The van der Waals surface area contributed by atoms with Crippen LogP contribution in [0.2, 0.25) is 0 Å². The van der Waals surface area contributed by atoms with E-state index in [1.807, 2.05) is 24.3 Å². The number of nitrogens with two attached hydrogens (primary N) is 1. The van der Waals surface area contributed by atoms with Crippen LogP contribution in [0.5, 0.6) is 0 Å². The van der Waals surface area contributed by atoms with Gasteiger partial charge in [0.25, 0.3) is 0 Å². The molecule has 4 heteroatoms. The van der Waals surface area contributed by atoms with Crippen molar-refractivity contribution in [2.75, 3.05) is 6.54 Å². The lowest BCUT2D eigenvalue weighted by Gasteiger charge is -2.21. The third kappa shape index (κ3) is 2.55. The molecule has 21 heavy (non-hydrogen) atoms. The normalized spacial score (nSPS) is 14.2. The van der Waals surface area contributed by atoms with Crippen LogP contribution in [0.1, 0.15) is 23.1 Å². The molecule has 0 radical (unpaired) electrons. The fourth-order valence-electron chi connectivity index (χ4n) is 2.60. The first-order valence-corrected chi connectivity index (χ1v) is 6.80. The number of aliphatic hydroxyl groups is 1. The predicted octanol–water partition coefficient (Wildman–Crippen LogP) is 3.35. The third-order valence-electron chi connectivity index (χ3n) is 3.76. The molecular weight excluding hydrogens is 269 g/mol. The van der Waals surface area contributed by atoms with E-state index in [4.69, 9.17) is 10.2 Å². The SMILES string of the molecule is NCC(c1ccc(F)cc1)C(O)c1coc2ccccc12. The number of halogens is 1. The van der Waals surface area contributed by atoms with Crippen molar-refractivity contribution in [3.63, 3.8) is 0 Å². The van der Waals surface area contributed by atoms with E-state index in [-0.39, 0.29) is 18.3 Å². The van der Waals surface area contributed by atoms with Crippen LogP contribution in [0, 0.1) is 5.82 Å². The Bertz CT molecular complexity index is 736. The summed E-state index contributed by atoms with van der Waals surface area (Å²) < 4.78 is 18.5. The van der Waals surface area contributed by atoms with Crippen molar-refractivity contribution in [1.29, 1.82) is 0 Å². The topological polar surface area (TPSA) is 59.4 Å². The van der Waals surface area contributed by atoms with E-state index in [0.717, 1.165) is 16.5 Å². The first kappa shape index (κ1) is 13.8. The molecule has 0 aliphatic rings. The van der Waals surface area contributed by atoms with Gasteiger partial charge >= 0.3 is 0 Å². The van der Waals surface area contributed by atoms with Crippen LogP contribution in [0.4, 0.5) is 4.39 Å². The minimum Gasteiger partial charge on any atom is -0.464 e. The van der Waals surface area contributed by atoms with Gasteiger partial charge in [-0.3, -0.25) is 0 Å². The van der Waals surface area contributed by atoms with Crippen molar-refractivity contribution in [1.82, 2.24) is 0 Å². The van der Waals surface area contributed by atoms with Crippen molar-refractivity contribution in [2.45, 2.75) is 12.0 Å². The molecule has 108 valence electrons. The van der Waals surface area contributed by atoms with Crippen LogP contribution < -0.4 is 5.73 Å². The van der Waals surface area contributed by atoms with Gasteiger partial charge in [0.05, 0.1) is 12.4 Å². The maximum atomic E-state index is 13.0. The molecule has 3 N–H and O–H groups in total. The maximum Gasteiger partial charge on any atom is 0.134 e. The smallest absolute Gasteiger partial charge is 0.134 e. The van der Waals surface area contributed by atoms with Crippen LogP contribution >= 0.6 is 0 Å². The summed E-state index contributed by atoms with van der Waals surface area (Å²) in [7, 11) is 0. The number of fused-ring (bicyclic) bond motifs is 1. The summed E-state index contributed by atoms with van der Waals surface area (Å²) in [6.07, 6.45) is 0.755. The van der Waals surface area contributed by atoms with Gasteiger partial charge in [-0.05, 0) is 23.8 Å². The number of hydrogen-bond donors (Lipinski definition) is 2. The Morgan fingerprint density at radius 1 is 1.10 bits per heavy atom. The standard InChI is InChI=1S/C17H16FNO2/c18-12-7-5-11(6-8-12)14(9-19)17(20)15-10-21-16-4-2-1-3-13(15)16/h1-8,10,14,17,20H,9,19H2. The number of furan rings is 1. The number of hydrogen-bond acceptors (Lipinski definition) is 3. The zero-order valence-electron chi connectivity index (χ0n) is 11.4. The first-order valence-electron chi connectivity index (χ1n) is 6.80. The highest BCUT2D eigenvalue weighted by Gasteiger charge is 2.24. The highest BCUT2D eigenvalue weighted by molar-refractivity contribution is 5.81. The fraction of sp³-hybridized carbons (Fsp3) is 0.176. The van der Waals surface area contributed by atoms with E-state index in [0.29, 0.717) is 5.56 Å². The van der Waals surface area contributed by atoms with Gasteiger partial charge in [0.2, 0.25) is 0 Å². The molecule has 3 nitrogen and oxygen atoms in total. The molecule has 3 rings (SSSR count). The van der Waals surface area contributed by atoms with Gasteiger partial charge in [0.15, 0.2) is 0 Å². The van der Waals surface area contributed by atoms with E-state index < -0.39 is 6.10 Å². The quantitative estimate of drug-likeness (QED) is 0.773. The second kappa shape index (κ2) is 5.68. The van der Waals surface area contributed by atoms with Crippen molar-refractivity contribution < 1.29 is 13.9 Å². The van der Waals surface area contributed by atoms with Crippen LogP contribution in [0.15, 0.2) is 59.2 Å². The molecule has 0 fully saturated rings. The molecule has 0 saturated heterocycles. The van der Waals surface area contributed by atoms with Crippen LogP contribution in [0.3, 0.4) is 0 Å². The molecule has 0 saturated carbocycles. The lowest BCUT2D eigenvalue weighted by atomic mass is 9.89. The van der Waals surface area contributed by atoms with E-state index in [1.165, 1.54) is 12.1 Å². The number of rotatable bonds is 4. The molecule has 2 unspecified atom stereocenters. The Kier molecular flexibility index (Phi) is 3.73. The second-order valence-electron chi connectivity index (χ2n) is 5.03. The summed E-state index contributed by atoms with van der Waals surface area (Å²) in [5, 5.41) is 11.5.